The maximum absolute atomic E-state index is 11.8. The number of carbonyl (C=O) groups excluding carboxylic acids is 2. The smallest absolute Gasteiger partial charge is 0.314 e. The van der Waals surface area contributed by atoms with Crippen LogP contribution in [0.1, 0.15) is 17.9 Å². The number of amides is 1. The highest BCUT2D eigenvalue weighted by molar-refractivity contribution is 5.85. The van der Waals surface area contributed by atoms with Gasteiger partial charge in [0.2, 0.25) is 5.91 Å². The third-order valence-electron chi connectivity index (χ3n) is 2.79. The lowest BCUT2D eigenvalue weighted by Crippen LogP contribution is -2.33. The number of nitrogens with one attached hydrogen (secondary N) is 2. The summed E-state index contributed by atoms with van der Waals surface area (Å²) in [5.41, 5.74) is 0.836. The summed E-state index contributed by atoms with van der Waals surface area (Å²) in [7, 11) is 3.13. The molecule has 1 unspecified atom stereocenters. The normalized spacial score (nSPS) is 11.1. The highest BCUT2D eigenvalue weighted by atomic mass is 35.5. The van der Waals surface area contributed by atoms with Gasteiger partial charge in [-0.1, -0.05) is 30.3 Å². The Labute approximate surface area is 125 Å². The molecule has 0 aromatic heterocycles. The van der Waals surface area contributed by atoms with Crippen molar-refractivity contribution in [1.29, 1.82) is 0 Å². The molecule has 0 fully saturated rings. The summed E-state index contributed by atoms with van der Waals surface area (Å²) in [6, 6.07) is 9.29. The maximum atomic E-state index is 11.8. The van der Waals surface area contributed by atoms with Gasteiger partial charge in [0.1, 0.15) is 0 Å². The van der Waals surface area contributed by atoms with Crippen LogP contribution in [0, 0.1) is 0 Å². The van der Waals surface area contributed by atoms with Crippen LogP contribution in [0.2, 0.25) is 0 Å². The Balaban J connectivity index is 0.00000361. The lowest BCUT2D eigenvalue weighted by molar-refractivity contribution is -0.142. The van der Waals surface area contributed by atoms with Crippen molar-refractivity contribution in [2.75, 3.05) is 27.2 Å². The van der Waals surface area contributed by atoms with E-state index in [2.05, 4.69) is 10.6 Å². The molecule has 1 aromatic rings. The van der Waals surface area contributed by atoms with Crippen LogP contribution in [0.5, 0.6) is 0 Å². The Bertz CT molecular complexity index is 412. The summed E-state index contributed by atoms with van der Waals surface area (Å²) in [4.78, 5) is 23.3. The van der Waals surface area contributed by atoms with Crippen molar-refractivity contribution in [3.63, 3.8) is 0 Å². The Morgan fingerprint density at radius 1 is 1.25 bits per heavy atom. The van der Waals surface area contributed by atoms with Crippen molar-refractivity contribution in [3.8, 4) is 0 Å². The van der Waals surface area contributed by atoms with Gasteiger partial charge in [0.25, 0.3) is 0 Å². The number of hydrogen-bond acceptors (Lipinski definition) is 4. The first-order valence-electron chi connectivity index (χ1n) is 6.23. The summed E-state index contributed by atoms with van der Waals surface area (Å²) in [5.74, 6) is -0.899. The quantitative estimate of drug-likeness (QED) is 0.740. The van der Waals surface area contributed by atoms with E-state index in [1.165, 1.54) is 7.11 Å². The largest absolute Gasteiger partial charge is 0.468 e. The van der Waals surface area contributed by atoms with Crippen molar-refractivity contribution >= 4 is 24.3 Å². The predicted molar refractivity (Wildman–Crippen MR) is 80.0 cm³/mol. The number of rotatable bonds is 7. The fourth-order valence-electron chi connectivity index (χ4n) is 1.71. The van der Waals surface area contributed by atoms with Crippen LogP contribution < -0.4 is 10.6 Å². The lowest BCUT2D eigenvalue weighted by atomic mass is 9.99. The van der Waals surface area contributed by atoms with Crippen LogP contribution in [-0.4, -0.2) is 39.1 Å². The van der Waals surface area contributed by atoms with E-state index in [1.807, 2.05) is 30.3 Å². The van der Waals surface area contributed by atoms with Crippen molar-refractivity contribution < 1.29 is 14.3 Å². The molecule has 5 nitrogen and oxygen atoms in total. The minimum absolute atomic E-state index is 0. The molecule has 2 N–H and O–H groups in total. The van der Waals surface area contributed by atoms with Gasteiger partial charge in [-0.3, -0.25) is 9.59 Å². The van der Waals surface area contributed by atoms with E-state index in [0.717, 1.165) is 5.56 Å². The van der Waals surface area contributed by atoms with Crippen LogP contribution in [0.15, 0.2) is 30.3 Å². The van der Waals surface area contributed by atoms with Gasteiger partial charge in [-0.15, -0.1) is 12.4 Å². The van der Waals surface area contributed by atoms with E-state index in [-0.39, 0.29) is 30.8 Å². The standard InChI is InChI=1S/C14H20N2O3.ClH/c1-15-9-8-13(17)16-10-12(14(18)19-2)11-6-4-3-5-7-11;/h3-7,12,15H,8-10H2,1-2H3,(H,16,17);1H. The zero-order valence-corrected chi connectivity index (χ0v) is 12.5. The Kier molecular flexibility index (Phi) is 9.41. The molecule has 0 heterocycles. The van der Waals surface area contributed by atoms with Crippen molar-refractivity contribution in [1.82, 2.24) is 10.6 Å². The second-order valence-electron chi connectivity index (χ2n) is 4.14. The first-order chi connectivity index (χ1) is 9.19. The Hall–Kier alpha value is -1.59. The molecule has 0 aliphatic carbocycles. The molecule has 0 radical (unpaired) electrons. The van der Waals surface area contributed by atoms with Crippen LogP contribution in [-0.2, 0) is 14.3 Å². The van der Waals surface area contributed by atoms with Gasteiger partial charge in [-0.25, -0.2) is 0 Å². The number of benzene rings is 1. The first kappa shape index (κ1) is 18.4. The van der Waals surface area contributed by atoms with E-state index < -0.39 is 5.92 Å². The van der Waals surface area contributed by atoms with E-state index >= 15 is 0 Å². The molecule has 1 rings (SSSR count). The summed E-state index contributed by atoms with van der Waals surface area (Å²) < 4.78 is 4.78. The SMILES string of the molecule is CNCCC(=O)NCC(C(=O)OC)c1ccccc1.Cl. The summed E-state index contributed by atoms with van der Waals surface area (Å²) >= 11 is 0. The van der Waals surface area contributed by atoms with Gasteiger partial charge >= 0.3 is 5.97 Å². The molecule has 1 aromatic carbocycles. The topological polar surface area (TPSA) is 67.4 Å². The number of carbonyl (C=O) groups is 2. The third kappa shape index (κ3) is 6.04. The Morgan fingerprint density at radius 3 is 2.45 bits per heavy atom. The second kappa shape index (κ2) is 10.2. The van der Waals surface area contributed by atoms with Crippen molar-refractivity contribution in [3.05, 3.63) is 35.9 Å². The van der Waals surface area contributed by atoms with E-state index in [9.17, 15) is 9.59 Å². The van der Waals surface area contributed by atoms with Gasteiger partial charge in [-0.2, -0.15) is 0 Å². The average Bonchev–Trinajstić information content (AvgIpc) is 2.46. The molecule has 112 valence electrons. The fraction of sp³-hybridized carbons (Fsp3) is 0.429. The number of hydrogen-bond donors (Lipinski definition) is 2. The minimum atomic E-state index is -0.468. The number of ether oxygens (including phenoxy) is 1. The predicted octanol–water partition coefficient (Wildman–Crippen LogP) is 1.09. The molecular weight excluding hydrogens is 280 g/mol. The maximum Gasteiger partial charge on any atom is 0.314 e. The molecule has 0 spiro atoms. The molecule has 0 bridgehead atoms. The minimum Gasteiger partial charge on any atom is -0.468 e. The number of methoxy groups -OCH3 is 1. The molecule has 0 saturated heterocycles. The summed E-state index contributed by atoms with van der Waals surface area (Å²) in [6.45, 7) is 0.860. The molecule has 1 amide bonds. The highest BCUT2D eigenvalue weighted by Crippen LogP contribution is 2.16. The fourth-order valence-corrected chi connectivity index (χ4v) is 1.71. The molecular formula is C14H21ClN2O3. The lowest BCUT2D eigenvalue weighted by Gasteiger charge is -2.15. The van der Waals surface area contributed by atoms with Gasteiger partial charge in [-0.05, 0) is 12.6 Å². The van der Waals surface area contributed by atoms with Crippen molar-refractivity contribution in [2.45, 2.75) is 12.3 Å². The molecule has 0 aliphatic heterocycles. The zero-order valence-electron chi connectivity index (χ0n) is 11.7. The molecule has 1 atom stereocenters. The average molecular weight is 301 g/mol. The van der Waals surface area contributed by atoms with E-state index in [1.54, 1.807) is 7.05 Å². The molecule has 20 heavy (non-hydrogen) atoms. The molecule has 0 saturated carbocycles. The summed E-state index contributed by atoms with van der Waals surface area (Å²) in [6.07, 6.45) is 0.388. The van der Waals surface area contributed by atoms with Crippen LogP contribution >= 0.6 is 12.4 Å². The zero-order chi connectivity index (χ0) is 14.1. The monoisotopic (exact) mass is 300 g/mol. The molecule has 0 aliphatic rings. The second-order valence-corrected chi connectivity index (χ2v) is 4.14. The van der Waals surface area contributed by atoms with Gasteiger partial charge in [0, 0.05) is 19.5 Å². The highest BCUT2D eigenvalue weighted by Gasteiger charge is 2.21. The molecule has 6 heteroatoms. The van der Waals surface area contributed by atoms with E-state index in [4.69, 9.17) is 4.74 Å². The summed E-state index contributed by atoms with van der Waals surface area (Å²) in [5, 5.41) is 5.65. The Morgan fingerprint density at radius 2 is 1.90 bits per heavy atom. The van der Waals surface area contributed by atoms with Gasteiger partial charge in [0.15, 0.2) is 0 Å². The number of halogens is 1. The van der Waals surface area contributed by atoms with Crippen molar-refractivity contribution in [2.24, 2.45) is 0 Å². The van der Waals surface area contributed by atoms with Crippen LogP contribution in [0.3, 0.4) is 0 Å². The number of esters is 1. The third-order valence-corrected chi connectivity index (χ3v) is 2.79. The van der Waals surface area contributed by atoms with E-state index in [0.29, 0.717) is 13.0 Å². The first-order valence-corrected chi connectivity index (χ1v) is 6.23. The van der Waals surface area contributed by atoms with Crippen LogP contribution in [0.4, 0.5) is 0 Å². The van der Waals surface area contributed by atoms with Gasteiger partial charge < -0.3 is 15.4 Å². The van der Waals surface area contributed by atoms with Crippen LogP contribution in [0.25, 0.3) is 0 Å². The van der Waals surface area contributed by atoms with Gasteiger partial charge in [0.05, 0.1) is 13.0 Å².